The van der Waals surface area contributed by atoms with Crippen molar-refractivity contribution in [2.75, 3.05) is 19.8 Å². The maximum Gasteiger partial charge on any atom is 0.356 e. The van der Waals surface area contributed by atoms with Gasteiger partial charge in [0.2, 0.25) is 0 Å². The van der Waals surface area contributed by atoms with Gasteiger partial charge in [0, 0.05) is 11.2 Å². The molecule has 1 heterocycles. The van der Waals surface area contributed by atoms with Crippen LogP contribution in [0.4, 0.5) is 0 Å². The summed E-state index contributed by atoms with van der Waals surface area (Å²) in [6, 6.07) is 0. The van der Waals surface area contributed by atoms with E-state index in [4.69, 9.17) is 9.05 Å². The predicted molar refractivity (Wildman–Crippen MR) is 53.0 cm³/mol. The number of ether oxygens (including phenoxy) is 1. The molecule has 0 aromatic rings. The zero-order valence-corrected chi connectivity index (χ0v) is 10.1. The molecule has 88 valence electrons. The highest BCUT2D eigenvalue weighted by atomic mass is 31.2. The van der Waals surface area contributed by atoms with Gasteiger partial charge in [-0.2, -0.15) is 0 Å². The van der Waals surface area contributed by atoms with E-state index >= 15 is 0 Å². The molecule has 1 rings (SSSR count). The second kappa shape index (κ2) is 4.56. The Kier molecular flexibility index (Phi) is 3.82. The van der Waals surface area contributed by atoms with Crippen LogP contribution in [0.15, 0.2) is 11.8 Å². The standard InChI is InChI=1S/C9H17O5P/c1-4-12-8(10)5-15(11)13-6-9(2,3)7-14-15/h5,10H,4,6-7H2,1-3H3/p-1/b8-5+. The van der Waals surface area contributed by atoms with E-state index in [-0.39, 0.29) is 12.0 Å². The van der Waals surface area contributed by atoms with Gasteiger partial charge in [-0.25, -0.2) is 0 Å². The molecule has 0 aliphatic carbocycles. The van der Waals surface area contributed by atoms with Crippen LogP contribution in [0.2, 0.25) is 0 Å². The highest BCUT2D eigenvalue weighted by molar-refractivity contribution is 7.57. The monoisotopic (exact) mass is 235 g/mol. The molecule has 5 nitrogen and oxygen atoms in total. The third-order valence-electron chi connectivity index (χ3n) is 1.82. The summed E-state index contributed by atoms with van der Waals surface area (Å²) >= 11 is 0. The van der Waals surface area contributed by atoms with Crippen molar-refractivity contribution in [2.45, 2.75) is 20.8 Å². The highest BCUT2D eigenvalue weighted by Gasteiger charge is 2.34. The minimum atomic E-state index is -3.38. The SMILES string of the molecule is CCO/C([O-])=C/P1(=O)OCC(C)(C)CO1. The van der Waals surface area contributed by atoms with Gasteiger partial charge in [0.15, 0.2) is 0 Å². The van der Waals surface area contributed by atoms with Crippen LogP contribution in [0.3, 0.4) is 0 Å². The molecule has 0 aromatic heterocycles. The van der Waals surface area contributed by atoms with Crippen LogP contribution in [0.25, 0.3) is 0 Å². The largest absolute Gasteiger partial charge is 0.613 e. The van der Waals surface area contributed by atoms with E-state index in [2.05, 4.69) is 4.74 Å². The molecule has 1 aliphatic rings. The van der Waals surface area contributed by atoms with Crippen LogP contribution in [0, 0.1) is 5.41 Å². The molecule has 0 radical (unpaired) electrons. The van der Waals surface area contributed by atoms with Gasteiger partial charge in [-0.1, -0.05) is 20.8 Å². The summed E-state index contributed by atoms with van der Waals surface area (Å²) in [4.78, 5) is 0. The van der Waals surface area contributed by atoms with Crippen LogP contribution < -0.4 is 5.11 Å². The lowest BCUT2D eigenvalue weighted by Gasteiger charge is -2.33. The Labute approximate surface area is 89.6 Å². The molecule has 6 heteroatoms. The first-order valence-electron chi connectivity index (χ1n) is 4.78. The molecule has 0 aromatic carbocycles. The Bertz CT molecular complexity index is 283. The van der Waals surface area contributed by atoms with Crippen molar-refractivity contribution in [3.63, 3.8) is 0 Å². The Hall–Kier alpha value is -0.510. The number of rotatable bonds is 3. The predicted octanol–water partition coefficient (Wildman–Crippen LogP) is 1.45. The Morgan fingerprint density at radius 3 is 2.53 bits per heavy atom. The Balaban J connectivity index is 2.63. The quantitative estimate of drug-likeness (QED) is 0.547. The second-order valence-electron chi connectivity index (χ2n) is 4.13. The minimum absolute atomic E-state index is 0.170. The average molecular weight is 235 g/mol. The first kappa shape index (κ1) is 12.6. The van der Waals surface area contributed by atoms with Gasteiger partial charge in [-0.3, -0.25) is 4.57 Å². The Morgan fingerprint density at radius 2 is 2.07 bits per heavy atom. The summed E-state index contributed by atoms with van der Waals surface area (Å²) in [5.74, 6) is 0.228. The van der Waals surface area contributed by atoms with E-state index in [1.54, 1.807) is 6.92 Å². The molecular formula is C9H16O5P-. The molecule has 0 atom stereocenters. The minimum Gasteiger partial charge on any atom is -0.613 e. The maximum absolute atomic E-state index is 11.8. The fraction of sp³-hybridized carbons (Fsp3) is 0.778. The lowest BCUT2D eigenvalue weighted by Crippen LogP contribution is -2.29. The zero-order valence-electron chi connectivity index (χ0n) is 9.19. The van der Waals surface area contributed by atoms with Crippen LogP contribution in [-0.2, 0) is 18.3 Å². The van der Waals surface area contributed by atoms with E-state index in [0.717, 1.165) is 5.82 Å². The summed E-state index contributed by atoms with van der Waals surface area (Å²) in [6.07, 6.45) is 0. The normalized spacial score (nSPS) is 24.9. The summed E-state index contributed by atoms with van der Waals surface area (Å²) in [7, 11) is -3.38. The molecule has 0 N–H and O–H groups in total. The molecular weight excluding hydrogens is 219 g/mol. The molecule has 15 heavy (non-hydrogen) atoms. The van der Waals surface area contributed by atoms with Crippen molar-refractivity contribution in [3.8, 4) is 0 Å². The van der Waals surface area contributed by atoms with E-state index in [1.807, 2.05) is 13.8 Å². The average Bonchev–Trinajstić information content (AvgIpc) is 2.12. The van der Waals surface area contributed by atoms with Crippen LogP contribution >= 0.6 is 7.60 Å². The van der Waals surface area contributed by atoms with Gasteiger partial charge in [0.1, 0.15) is 0 Å². The third-order valence-corrected chi connectivity index (χ3v) is 3.33. The molecule has 0 amide bonds. The van der Waals surface area contributed by atoms with Gasteiger partial charge in [-0.05, 0) is 6.61 Å². The second-order valence-corrected chi connectivity index (χ2v) is 5.99. The van der Waals surface area contributed by atoms with Gasteiger partial charge in [-0.15, -0.1) is 0 Å². The first-order valence-corrected chi connectivity index (χ1v) is 6.39. The first-order chi connectivity index (χ1) is 6.87. The summed E-state index contributed by atoms with van der Waals surface area (Å²) in [6.45, 7) is 6.39. The molecule has 0 spiro atoms. The van der Waals surface area contributed by atoms with Crippen molar-refractivity contribution in [1.82, 2.24) is 0 Å². The zero-order chi connectivity index (χ0) is 11.5. The van der Waals surface area contributed by atoms with Crippen LogP contribution in [-0.4, -0.2) is 19.8 Å². The fourth-order valence-corrected chi connectivity index (χ4v) is 2.61. The maximum atomic E-state index is 11.8. The summed E-state index contributed by atoms with van der Waals surface area (Å²) < 4.78 is 26.6. The van der Waals surface area contributed by atoms with E-state index in [1.165, 1.54) is 0 Å². The van der Waals surface area contributed by atoms with Crippen molar-refractivity contribution >= 4 is 7.60 Å². The molecule has 0 bridgehead atoms. The highest BCUT2D eigenvalue weighted by Crippen LogP contribution is 2.55. The number of hydrogen-bond acceptors (Lipinski definition) is 5. The van der Waals surface area contributed by atoms with Gasteiger partial charge in [0.05, 0.1) is 19.2 Å². The lowest BCUT2D eigenvalue weighted by molar-refractivity contribution is -0.356. The summed E-state index contributed by atoms with van der Waals surface area (Å²) in [5.41, 5.74) is -0.170. The van der Waals surface area contributed by atoms with Gasteiger partial charge in [0.25, 0.3) is 0 Å². The number of hydrogen-bond donors (Lipinski definition) is 0. The van der Waals surface area contributed by atoms with E-state index in [0.29, 0.717) is 13.2 Å². The molecule has 1 fully saturated rings. The molecule has 0 saturated carbocycles. The van der Waals surface area contributed by atoms with Crippen LogP contribution in [0.1, 0.15) is 20.8 Å². The van der Waals surface area contributed by atoms with Crippen molar-refractivity contribution in [3.05, 3.63) is 11.8 Å². The molecule has 1 saturated heterocycles. The van der Waals surface area contributed by atoms with Crippen molar-refractivity contribution < 1.29 is 23.5 Å². The van der Waals surface area contributed by atoms with Crippen LogP contribution in [0.5, 0.6) is 0 Å². The molecule has 0 unspecified atom stereocenters. The van der Waals surface area contributed by atoms with Gasteiger partial charge < -0.3 is 18.9 Å². The molecule has 1 aliphatic heterocycles. The van der Waals surface area contributed by atoms with Crippen molar-refractivity contribution in [2.24, 2.45) is 5.41 Å². The fourth-order valence-electron chi connectivity index (χ4n) is 0.992. The van der Waals surface area contributed by atoms with E-state index in [9.17, 15) is 9.67 Å². The Morgan fingerprint density at radius 1 is 1.53 bits per heavy atom. The van der Waals surface area contributed by atoms with Crippen molar-refractivity contribution in [1.29, 1.82) is 0 Å². The van der Waals surface area contributed by atoms with Gasteiger partial charge >= 0.3 is 7.60 Å². The lowest BCUT2D eigenvalue weighted by atomic mass is 9.97. The third kappa shape index (κ3) is 3.86. The smallest absolute Gasteiger partial charge is 0.356 e. The topological polar surface area (TPSA) is 67.8 Å². The van der Waals surface area contributed by atoms with E-state index < -0.39 is 13.5 Å². The summed E-state index contributed by atoms with van der Waals surface area (Å²) in [5, 5.41) is 11.1.